The van der Waals surface area contributed by atoms with E-state index in [1.165, 1.54) is 19.2 Å². The Balaban J connectivity index is 3.20. The topological polar surface area (TPSA) is 38.0 Å². The van der Waals surface area contributed by atoms with E-state index in [0.29, 0.717) is 5.56 Å². The largest absolute Gasteiger partial charge is 0.383 e. The lowest BCUT2D eigenvalue weighted by molar-refractivity contribution is 0.582. The lowest BCUT2D eigenvalue weighted by Gasteiger charge is -2.09. The van der Waals surface area contributed by atoms with Crippen LogP contribution in [0.4, 0.5) is 14.5 Å². The molecule has 0 aliphatic heterocycles. The smallest absolute Gasteiger partial charge is 0.149 e. The molecule has 1 aromatic carbocycles. The van der Waals surface area contributed by atoms with E-state index in [0.717, 1.165) is 0 Å². The summed E-state index contributed by atoms with van der Waals surface area (Å²) in [7, 11) is 1.47. The molecular formula is C9H12F2N2. The zero-order valence-corrected chi connectivity index (χ0v) is 7.57. The molecule has 1 atom stereocenters. The maximum absolute atomic E-state index is 13.1. The quantitative estimate of drug-likeness (QED) is 0.741. The van der Waals surface area contributed by atoms with Gasteiger partial charge in [0.25, 0.3) is 0 Å². The molecule has 1 rings (SSSR count). The molecule has 1 unspecified atom stereocenters. The van der Waals surface area contributed by atoms with Gasteiger partial charge in [-0.05, 0) is 24.6 Å². The molecule has 0 aliphatic rings. The fourth-order valence-corrected chi connectivity index (χ4v) is 1.09. The maximum atomic E-state index is 13.1. The van der Waals surface area contributed by atoms with Crippen LogP contribution in [0.25, 0.3) is 0 Å². The standard InChI is InChI=1S/C9H12F2N2/c1-5(12)6-3-7(10)9(13-2)8(11)4-6/h3-5,13H,12H2,1-2H3. The van der Waals surface area contributed by atoms with Crippen molar-refractivity contribution in [3.63, 3.8) is 0 Å². The fourth-order valence-electron chi connectivity index (χ4n) is 1.09. The molecule has 0 radical (unpaired) electrons. The Morgan fingerprint density at radius 1 is 1.31 bits per heavy atom. The summed E-state index contributed by atoms with van der Waals surface area (Å²) < 4.78 is 26.2. The van der Waals surface area contributed by atoms with Gasteiger partial charge in [0.1, 0.15) is 17.3 Å². The third-order valence-corrected chi connectivity index (χ3v) is 1.84. The third kappa shape index (κ3) is 1.95. The summed E-state index contributed by atoms with van der Waals surface area (Å²) in [5, 5.41) is 2.44. The van der Waals surface area contributed by atoms with E-state index in [2.05, 4.69) is 5.32 Å². The molecule has 0 aromatic heterocycles. The normalized spacial score (nSPS) is 12.7. The van der Waals surface area contributed by atoms with E-state index >= 15 is 0 Å². The fraction of sp³-hybridized carbons (Fsp3) is 0.333. The molecule has 0 saturated heterocycles. The van der Waals surface area contributed by atoms with Crippen LogP contribution < -0.4 is 11.1 Å². The molecule has 2 nitrogen and oxygen atoms in total. The van der Waals surface area contributed by atoms with E-state index in [1.807, 2.05) is 0 Å². The Labute approximate surface area is 75.7 Å². The van der Waals surface area contributed by atoms with Crippen molar-refractivity contribution in [2.75, 3.05) is 12.4 Å². The van der Waals surface area contributed by atoms with Crippen molar-refractivity contribution >= 4 is 5.69 Å². The molecule has 3 N–H and O–H groups in total. The number of hydrogen-bond donors (Lipinski definition) is 2. The summed E-state index contributed by atoms with van der Waals surface area (Å²) in [6, 6.07) is 2.11. The number of nitrogens with one attached hydrogen (secondary N) is 1. The predicted molar refractivity (Wildman–Crippen MR) is 48.5 cm³/mol. The van der Waals surface area contributed by atoms with Crippen LogP contribution in [0.15, 0.2) is 12.1 Å². The van der Waals surface area contributed by atoms with Crippen molar-refractivity contribution in [1.29, 1.82) is 0 Å². The summed E-state index contributed by atoms with van der Waals surface area (Å²) in [6.07, 6.45) is 0. The van der Waals surface area contributed by atoms with Crippen molar-refractivity contribution in [2.24, 2.45) is 5.73 Å². The van der Waals surface area contributed by atoms with E-state index in [4.69, 9.17) is 5.73 Å². The zero-order valence-electron chi connectivity index (χ0n) is 7.57. The summed E-state index contributed by atoms with van der Waals surface area (Å²) in [6.45, 7) is 1.67. The van der Waals surface area contributed by atoms with Gasteiger partial charge >= 0.3 is 0 Å². The highest BCUT2D eigenvalue weighted by Gasteiger charge is 2.10. The summed E-state index contributed by atoms with van der Waals surface area (Å²) in [4.78, 5) is 0. The number of nitrogens with two attached hydrogens (primary N) is 1. The van der Waals surface area contributed by atoms with Crippen LogP contribution in [0.5, 0.6) is 0 Å². The van der Waals surface area contributed by atoms with Crippen molar-refractivity contribution in [3.05, 3.63) is 29.3 Å². The predicted octanol–water partition coefficient (Wildman–Crippen LogP) is 2.03. The molecule has 1 aromatic rings. The third-order valence-electron chi connectivity index (χ3n) is 1.84. The van der Waals surface area contributed by atoms with Crippen molar-refractivity contribution in [2.45, 2.75) is 13.0 Å². The minimum atomic E-state index is -0.616. The van der Waals surface area contributed by atoms with E-state index in [-0.39, 0.29) is 11.7 Å². The van der Waals surface area contributed by atoms with Crippen LogP contribution in [0, 0.1) is 11.6 Å². The SMILES string of the molecule is CNc1c(F)cc(C(C)N)cc1F. The minimum Gasteiger partial charge on any atom is -0.383 e. The Hall–Kier alpha value is -1.16. The van der Waals surface area contributed by atoms with Crippen molar-refractivity contribution in [1.82, 2.24) is 0 Å². The summed E-state index contributed by atoms with van der Waals surface area (Å²) in [5.74, 6) is -1.23. The van der Waals surface area contributed by atoms with Gasteiger partial charge in [-0.25, -0.2) is 8.78 Å². The van der Waals surface area contributed by atoms with Crippen LogP contribution in [-0.2, 0) is 0 Å². The highest BCUT2D eigenvalue weighted by molar-refractivity contribution is 5.47. The van der Waals surface area contributed by atoms with Gasteiger partial charge in [-0.15, -0.1) is 0 Å². The van der Waals surface area contributed by atoms with Gasteiger partial charge in [-0.3, -0.25) is 0 Å². The second-order valence-electron chi connectivity index (χ2n) is 2.90. The zero-order chi connectivity index (χ0) is 10.0. The molecule has 0 amide bonds. The molecular weight excluding hydrogens is 174 g/mol. The lowest BCUT2D eigenvalue weighted by Crippen LogP contribution is -2.07. The highest BCUT2D eigenvalue weighted by atomic mass is 19.1. The first-order valence-corrected chi connectivity index (χ1v) is 3.98. The Kier molecular flexibility index (Phi) is 2.83. The lowest BCUT2D eigenvalue weighted by atomic mass is 10.1. The first-order chi connectivity index (χ1) is 6.06. The second-order valence-corrected chi connectivity index (χ2v) is 2.90. The van der Waals surface area contributed by atoms with Crippen LogP contribution >= 0.6 is 0 Å². The van der Waals surface area contributed by atoms with Gasteiger partial charge < -0.3 is 11.1 Å². The number of hydrogen-bond acceptors (Lipinski definition) is 2. The van der Waals surface area contributed by atoms with Gasteiger partial charge in [0.15, 0.2) is 0 Å². The average Bonchev–Trinajstić information content (AvgIpc) is 2.03. The van der Waals surface area contributed by atoms with E-state index < -0.39 is 11.6 Å². The average molecular weight is 186 g/mol. The molecule has 0 heterocycles. The second kappa shape index (κ2) is 3.70. The van der Waals surface area contributed by atoms with Gasteiger partial charge in [0.2, 0.25) is 0 Å². The molecule has 4 heteroatoms. The van der Waals surface area contributed by atoms with Gasteiger partial charge in [0, 0.05) is 13.1 Å². The number of rotatable bonds is 2. The monoisotopic (exact) mass is 186 g/mol. The highest BCUT2D eigenvalue weighted by Crippen LogP contribution is 2.22. The van der Waals surface area contributed by atoms with Crippen LogP contribution in [0.3, 0.4) is 0 Å². The van der Waals surface area contributed by atoms with E-state index in [9.17, 15) is 8.78 Å². The maximum Gasteiger partial charge on any atom is 0.149 e. The Morgan fingerprint density at radius 2 is 1.77 bits per heavy atom. The number of anilines is 1. The van der Waals surface area contributed by atoms with Gasteiger partial charge in [0.05, 0.1) is 0 Å². The minimum absolute atomic E-state index is 0.121. The molecule has 72 valence electrons. The number of benzene rings is 1. The molecule has 13 heavy (non-hydrogen) atoms. The number of halogens is 2. The van der Waals surface area contributed by atoms with E-state index in [1.54, 1.807) is 6.92 Å². The van der Waals surface area contributed by atoms with Crippen LogP contribution in [-0.4, -0.2) is 7.05 Å². The Morgan fingerprint density at radius 3 is 2.08 bits per heavy atom. The van der Waals surface area contributed by atoms with Crippen LogP contribution in [0.1, 0.15) is 18.5 Å². The summed E-state index contributed by atoms with van der Waals surface area (Å²) >= 11 is 0. The van der Waals surface area contributed by atoms with Gasteiger partial charge in [-0.2, -0.15) is 0 Å². The van der Waals surface area contributed by atoms with Crippen molar-refractivity contribution < 1.29 is 8.78 Å². The summed E-state index contributed by atoms with van der Waals surface area (Å²) in [5.41, 5.74) is 5.82. The van der Waals surface area contributed by atoms with Gasteiger partial charge in [-0.1, -0.05) is 0 Å². The molecule has 0 spiro atoms. The first kappa shape index (κ1) is 9.92. The molecule has 0 saturated carbocycles. The van der Waals surface area contributed by atoms with Crippen molar-refractivity contribution in [3.8, 4) is 0 Å². The first-order valence-electron chi connectivity index (χ1n) is 3.98. The van der Waals surface area contributed by atoms with Crippen LogP contribution in [0.2, 0.25) is 0 Å². The molecule has 0 bridgehead atoms. The molecule has 0 aliphatic carbocycles. The molecule has 0 fully saturated rings. The Bertz CT molecular complexity index is 287.